The highest BCUT2D eigenvalue weighted by atomic mass is 16.5. The van der Waals surface area contributed by atoms with Crippen molar-refractivity contribution in [1.29, 1.82) is 5.26 Å². The summed E-state index contributed by atoms with van der Waals surface area (Å²) in [4.78, 5) is 0. The first kappa shape index (κ1) is 14.1. The highest BCUT2D eigenvalue weighted by molar-refractivity contribution is 5.51. The summed E-state index contributed by atoms with van der Waals surface area (Å²) in [7, 11) is 0. The molecule has 0 fully saturated rings. The molecular formula is C18H19NO. The van der Waals surface area contributed by atoms with Crippen LogP contribution in [-0.4, -0.2) is 0 Å². The van der Waals surface area contributed by atoms with E-state index in [0.717, 1.165) is 16.9 Å². The molecule has 2 rings (SSSR count). The largest absolute Gasteiger partial charge is 0.455 e. The van der Waals surface area contributed by atoms with E-state index in [2.05, 4.69) is 38.1 Å². The lowest BCUT2D eigenvalue weighted by atomic mass is 10.0. The van der Waals surface area contributed by atoms with Crippen LogP contribution in [0.25, 0.3) is 0 Å². The number of hydrogen-bond donors (Lipinski definition) is 0. The van der Waals surface area contributed by atoms with E-state index in [1.165, 1.54) is 5.56 Å². The van der Waals surface area contributed by atoms with E-state index >= 15 is 0 Å². The molecule has 20 heavy (non-hydrogen) atoms. The topological polar surface area (TPSA) is 33.0 Å². The van der Waals surface area contributed by atoms with Crippen LogP contribution >= 0.6 is 0 Å². The number of para-hydroxylation sites is 1. The van der Waals surface area contributed by atoms with Crippen LogP contribution in [0.1, 0.15) is 42.0 Å². The number of aryl methyl sites for hydroxylation is 2. The van der Waals surface area contributed by atoms with Gasteiger partial charge in [-0.3, -0.25) is 0 Å². The molecule has 0 saturated heterocycles. The van der Waals surface area contributed by atoms with Gasteiger partial charge in [-0.25, -0.2) is 0 Å². The maximum atomic E-state index is 9.20. The van der Waals surface area contributed by atoms with Crippen molar-refractivity contribution in [2.45, 2.75) is 33.6 Å². The molecule has 0 aromatic heterocycles. The second-order valence-electron chi connectivity index (χ2n) is 5.35. The summed E-state index contributed by atoms with van der Waals surface area (Å²) in [6.07, 6.45) is 0. The van der Waals surface area contributed by atoms with Crippen molar-refractivity contribution >= 4 is 0 Å². The van der Waals surface area contributed by atoms with E-state index in [9.17, 15) is 5.26 Å². The molecule has 2 heteroatoms. The Kier molecular flexibility index (Phi) is 4.10. The zero-order valence-corrected chi connectivity index (χ0v) is 12.4. The van der Waals surface area contributed by atoms with Gasteiger partial charge in [0.2, 0.25) is 0 Å². The molecule has 0 bridgehead atoms. The maximum Gasteiger partial charge on any atom is 0.148 e. The quantitative estimate of drug-likeness (QED) is 0.774. The maximum absolute atomic E-state index is 9.20. The Morgan fingerprint density at radius 1 is 1.05 bits per heavy atom. The van der Waals surface area contributed by atoms with Crippen LogP contribution in [0.4, 0.5) is 0 Å². The average Bonchev–Trinajstić information content (AvgIpc) is 2.42. The first-order valence-corrected chi connectivity index (χ1v) is 6.81. The molecule has 0 aliphatic rings. The predicted octanol–water partition coefficient (Wildman–Crippen LogP) is 5.09. The highest BCUT2D eigenvalue weighted by Gasteiger charge is 2.11. The third kappa shape index (κ3) is 2.83. The molecule has 0 spiro atoms. The van der Waals surface area contributed by atoms with Gasteiger partial charge in [-0.15, -0.1) is 0 Å². The molecule has 0 aliphatic heterocycles. The summed E-state index contributed by atoms with van der Waals surface area (Å²) in [6.45, 7) is 8.29. The smallest absolute Gasteiger partial charge is 0.148 e. The van der Waals surface area contributed by atoms with E-state index in [1.54, 1.807) is 6.07 Å². The molecule has 2 aromatic rings. The second kappa shape index (κ2) is 5.79. The molecule has 0 unspecified atom stereocenters. The lowest BCUT2D eigenvalue weighted by Crippen LogP contribution is -1.95. The van der Waals surface area contributed by atoms with Gasteiger partial charge in [0.15, 0.2) is 0 Å². The molecule has 0 atom stereocenters. The molecule has 0 saturated carbocycles. The zero-order chi connectivity index (χ0) is 14.7. The zero-order valence-electron chi connectivity index (χ0n) is 12.4. The van der Waals surface area contributed by atoms with Crippen LogP contribution in [0.2, 0.25) is 0 Å². The number of ether oxygens (including phenoxy) is 1. The monoisotopic (exact) mass is 265 g/mol. The molecule has 0 aliphatic carbocycles. The Balaban J connectivity index is 2.45. The van der Waals surface area contributed by atoms with E-state index in [0.29, 0.717) is 17.2 Å². The minimum Gasteiger partial charge on any atom is -0.455 e. The van der Waals surface area contributed by atoms with Crippen LogP contribution in [-0.2, 0) is 0 Å². The van der Waals surface area contributed by atoms with E-state index in [-0.39, 0.29) is 0 Å². The van der Waals surface area contributed by atoms with Crippen molar-refractivity contribution in [3.05, 3.63) is 58.7 Å². The van der Waals surface area contributed by atoms with Crippen molar-refractivity contribution in [2.75, 3.05) is 0 Å². The third-order valence-electron chi connectivity index (χ3n) is 3.42. The van der Waals surface area contributed by atoms with Crippen LogP contribution in [0.3, 0.4) is 0 Å². The van der Waals surface area contributed by atoms with Gasteiger partial charge in [0, 0.05) is 0 Å². The van der Waals surface area contributed by atoms with E-state index in [4.69, 9.17) is 4.74 Å². The molecule has 0 N–H and O–H groups in total. The first-order valence-electron chi connectivity index (χ1n) is 6.81. The second-order valence-corrected chi connectivity index (χ2v) is 5.35. The Morgan fingerprint density at radius 2 is 1.80 bits per heavy atom. The molecule has 102 valence electrons. The van der Waals surface area contributed by atoms with Crippen LogP contribution < -0.4 is 4.74 Å². The number of rotatable bonds is 3. The number of nitrogens with zero attached hydrogens (tertiary/aromatic N) is 1. The van der Waals surface area contributed by atoms with Crippen LogP contribution in [0.15, 0.2) is 36.4 Å². The minimum atomic E-state index is 0.449. The molecule has 0 amide bonds. The van der Waals surface area contributed by atoms with E-state index < -0.39 is 0 Å². The SMILES string of the molecule is Cc1ccc(C(C)C)cc1Oc1c(C)cccc1C#N. The minimum absolute atomic E-state index is 0.449. The first-order chi connectivity index (χ1) is 9.52. The molecule has 0 radical (unpaired) electrons. The fourth-order valence-corrected chi connectivity index (χ4v) is 2.07. The normalized spacial score (nSPS) is 10.4. The van der Waals surface area contributed by atoms with Crippen molar-refractivity contribution in [3.63, 3.8) is 0 Å². The van der Waals surface area contributed by atoms with Gasteiger partial charge in [0.25, 0.3) is 0 Å². The summed E-state index contributed by atoms with van der Waals surface area (Å²) >= 11 is 0. The van der Waals surface area contributed by atoms with Crippen LogP contribution in [0, 0.1) is 25.2 Å². The van der Waals surface area contributed by atoms with Gasteiger partial charge in [-0.1, -0.05) is 38.1 Å². The number of benzene rings is 2. The van der Waals surface area contributed by atoms with Crippen molar-refractivity contribution in [2.24, 2.45) is 0 Å². The Bertz CT molecular complexity index is 666. The number of nitriles is 1. The summed E-state index contributed by atoms with van der Waals surface area (Å²) < 4.78 is 6.03. The molecule has 0 heterocycles. The summed E-state index contributed by atoms with van der Waals surface area (Å²) in [5.41, 5.74) is 3.84. The van der Waals surface area contributed by atoms with Crippen molar-refractivity contribution in [3.8, 4) is 17.6 Å². The Hall–Kier alpha value is -2.27. The van der Waals surface area contributed by atoms with Gasteiger partial charge in [-0.2, -0.15) is 5.26 Å². The fraction of sp³-hybridized carbons (Fsp3) is 0.278. The van der Waals surface area contributed by atoms with Gasteiger partial charge < -0.3 is 4.74 Å². The highest BCUT2D eigenvalue weighted by Crippen LogP contribution is 2.32. The van der Waals surface area contributed by atoms with Gasteiger partial charge in [-0.05, 0) is 48.6 Å². The molecule has 2 nitrogen and oxygen atoms in total. The fourth-order valence-electron chi connectivity index (χ4n) is 2.07. The third-order valence-corrected chi connectivity index (χ3v) is 3.42. The lowest BCUT2D eigenvalue weighted by Gasteiger charge is -2.14. The van der Waals surface area contributed by atoms with Crippen molar-refractivity contribution < 1.29 is 4.74 Å². The van der Waals surface area contributed by atoms with Gasteiger partial charge >= 0.3 is 0 Å². The summed E-state index contributed by atoms with van der Waals surface area (Å²) in [5.74, 6) is 1.92. The predicted molar refractivity (Wildman–Crippen MR) is 81.2 cm³/mol. The lowest BCUT2D eigenvalue weighted by molar-refractivity contribution is 0.472. The summed E-state index contributed by atoms with van der Waals surface area (Å²) in [5, 5.41) is 9.20. The number of hydrogen-bond acceptors (Lipinski definition) is 2. The summed E-state index contributed by atoms with van der Waals surface area (Å²) in [6, 6.07) is 14.0. The standard InChI is InChI=1S/C18H19NO/c1-12(2)15-9-8-13(3)17(10-15)20-18-14(4)6-5-7-16(18)11-19/h5-10,12H,1-4H3. The van der Waals surface area contributed by atoms with E-state index in [1.807, 2.05) is 26.0 Å². The average molecular weight is 265 g/mol. The molecule has 2 aromatic carbocycles. The Labute approximate surface area is 120 Å². The molecular weight excluding hydrogens is 246 g/mol. The Morgan fingerprint density at radius 3 is 2.45 bits per heavy atom. The van der Waals surface area contributed by atoms with Crippen LogP contribution in [0.5, 0.6) is 11.5 Å². The van der Waals surface area contributed by atoms with Gasteiger partial charge in [0.1, 0.15) is 17.6 Å². The van der Waals surface area contributed by atoms with Gasteiger partial charge in [0.05, 0.1) is 5.56 Å². The van der Waals surface area contributed by atoms with Crippen molar-refractivity contribution in [1.82, 2.24) is 0 Å².